The van der Waals surface area contributed by atoms with Crippen molar-refractivity contribution in [2.75, 3.05) is 37.7 Å². The van der Waals surface area contributed by atoms with E-state index < -0.39 is 0 Å². The number of thioether (sulfide) groups is 1. The van der Waals surface area contributed by atoms with E-state index in [0.717, 1.165) is 44.1 Å². The quantitative estimate of drug-likeness (QED) is 0.898. The average Bonchev–Trinajstić information content (AvgIpc) is 2.81. The summed E-state index contributed by atoms with van der Waals surface area (Å²) in [5, 5.41) is 6.28. The van der Waals surface area contributed by atoms with Crippen molar-refractivity contribution in [1.29, 1.82) is 0 Å². The van der Waals surface area contributed by atoms with E-state index in [0.29, 0.717) is 5.69 Å². The Kier molecular flexibility index (Phi) is 5.72. The fourth-order valence-corrected chi connectivity index (χ4v) is 4.36. The monoisotopic (exact) mass is 336 g/mol. The Morgan fingerprint density at radius 3 is 2.78 bits per heavy atom. The number of carbonyl (C=O) groups is 1. The Balaban J connectivity index is 1.73. The van der Waals surface area contributed by atoms with Crippen LogP contribution in [0.1, 0.15) is 36.2 Å². The molecular formula is C16H24N4O2S. The van der Waals surface area contributed by atoms with E-state index in [1.54, 1.807) is 0 Å². The van der Waals surface area contributed by atoms with Crippen molar-refractivity contribution in [2.24, 2.45) is 0 Å². The molecule has 1 unspecified atom stereocenters. The van der Waals surface area contributed by atoms with Crippen LogP contribution in [0, 0.1) is 0 Å². The topological polar surface area (TPSA) is 69.3 Å². The van der Waals surface area contributed by atoms with Crippen molar-refractivity contribution in [2.45, 2.75) is 31.7 Å². The molecule has 0 aromatic carbocycles. The van der Waals surface area contributed by atoms with E-state index in [2.05, 4.69) is 15.1 Å². The molecule has 1 aromatic rings. The van der Waals surface area contributed by atoms with Gasteiger partial charge in [-0.2, -0.15) is 16.9 Å². The second kappa shape index (κ2) is 7.97. The molecule has 3 rings (SSSR count). The van der Waals surface area contributed by atoms with Crippen LogP contribution in [0.25, 0.3) is 0 Å². The molecule has 1 amide bonds. The second-order valence-corrected chi connectivity index (χ2v) is 7.40. The van der Waals surface area contributed by atoms with Gasteiger partial charge >= 0.3 is 0 Å². The lowest BCUT2D eigenvalue weighted by Crippen LogP contribution is -2.49. The van der Waals surface area contributed by atoms with Crippen molar-refractivity contribution < 1.29 is 4.79 Å². The highest BCUT2D eigenvalue weighted by atomic mass is 32.2. The minimum atomic E-state index is -0.280. The summed E-state index contributed by atoms with van der Waals surface area (Å²) in [6, 6.07) is 3.12. The highest BCUT2D eigenvalue weighted by molar-refractivity contribution is 7.99. The van der Waals surface area contributed by atoms with Crippen molar-refractivity contribution >= 4 is 17.7 Å². The number of H-pyrrole nitrogens is 1. The minimum Gasteiger partial charge on any atom is -0.332 e. The van der Waals surface area contributed by atoms with Gasteiger partial charge in [-0.05, 0) is 44.2 Å². The van der Waals surface area contributed by atoms with E-state index in [1.807, 2.05) is 16.7 Å². The molecule has 1 atom stereocenters. The van der Waals surface area contributed by atoms with Crippen LogP contribution in [0.5, 0.6) is 0 Å². The number of aromatic amines is 1. The van der Waals surface area contributed by atoms with Crippen LogP contribution in [0.15, 0.2) is 16.9 Å². The zero-order valence-corrected chi connectivity index (χ0v) is 14.2. The molecule has 2 aliphatic heterocycles. The lowest BCUT2D eigenvalue weighted by atomic mass is 10.1. The fraction of sp³-hybridized carbons (Fsp3) is 0.688. The predicted molar refractivity (Wildman–Crippen MR) is 91.9 cm³/mol. The molecule has 126 valence electrons. The van der Waals surface area contributed by atoms with E-state index in [-0.39, 0.29) is 17.5 Å². The SMILES string of the molecule is O=C(c1ccc(=O)[nH]n1)N1CCCSCC1CN1CCCCC1. The maximum atomic E-state index is 12.8. The lowest BCUT2D eigenvalue weighted by Gasteiger charge is -2.35. The number of nitrogens with one attached hydrogen (secondary N) is 1. The van der Waals surface area contributed by atoms with Gasteiger partial charge in [0.05, 0.1) is 6.04 Å². The minimum absolute atomic E-state index is 0.0641. The Labute approximate surface area is 140 Å². The zero-order valence-electron chi connectivity index (χ0n) is 13.4. The van der Waals surface area contributed by atoms with Gasteiger partial charge in [0.15, 0.2) is 0 Å². The Hall–Kier alpha value is -1.34. The summed E-state index contributed by atoms with van der Waals surface area (Å²) in [6.07, 6.45) is 4.85. The maximum absolute atomic E-state index is 12.8. The number of rotatable bonds is 3. The summed E-state index contributed by atoms with van der Waals surface area (Å²) >= 11 is 1.93. The van der Waals surface area contributed by atoms with Gasteiger partial charge in [0.2, 0.25) is 0 Å². The number of hydrogen-bond donors (Lipinski definition) is 1. The maximum Gasteiger partial charge on any atom is 0.274 e. The molecule has 0 spiro atoms. The summed E-state index contributed by atoms with van der Waals surface area (Å²) in [5.74, 6) is 2.01. The lowest BCUT2D eigenvalue weighted by molar-refractivity contribution is 0.0638. The van der Waals surface area contributed by atoms with Gasteiger partial charge in [0, 0.05) is 24.9 Å². The van der Waals surface area contributed by atoms with Crippen LogP contribution in [0.4, 0.5) is 0 Å². The molecule has 23 heavy (non-hydrogen) atoms. The molecule has 0 bridgehead atoms. The highest BCUT2D eigenvalue weighted by Crippen LogP contribution is 2.20. The van der Waals surface area contributed by atoms with Crippen LogP contribution in [0.2, 0.25) is 0 Å². The number of carbonyl (C=O) groups excluding carboxylic acids is 1. The van der Waals surface area contributed by atoms with Crippen molar-refractivity contribution in [3.05, 3.63) is 28.2 Å². The van der Waals surface area contributed by atoms with E-state index in [9.17, 15) is 9.59 Å². The smallest absolute Gasteiger partial charge is 0.274 e. The molecule has 7 heteroatoms. The number of amides is 1. The summed E-state index contributed by atoms with van der Waals surface area (Å²) < 4.78 is 0. The average molecular weight is 336 g/mol. The molecule has 0 radical (unpaired) electrons. The molecule has 2 saturated heterocycles. The number of likely N-dealkylation sites (tertiary alicyclic amines) is 1. The van der Waals surface area contributed by atoms with E-state index in [1.165, 1.54) is 31.4 Å². The van der Waals surface area contributed by atoms with Crippen LogP contribution < -0.4 is 5.56 Å². The molecule has 2 fully saturated rings. The molecule has 3 heterocycles. The van der Waals surface area contributed by atoms with Crippen LogP contribution in [-0.2, 0) is 0 Å². The molecule has 2 aliphatic rings. The summed E-state index contributed by atoms with van der Waals surface area (Å²) in [4.78, 5) is 28.4. The van der Waals surface area contributed by atoms with E-state index in [4.69, 9.17) is 0 Å². The van der Waals surface area contributed by atoms with Crippen molar-refractivity contribution in [1.82, 2.24) is 20.0 Å². The zero-order chi connectivity index (χ0) is 16.1. The first-order valence-corrected chi connectivity index (χ1v) is 9.56. The molecule has 1 aromatic heterocycles. The predicted octanol–water partition coefficient (Wildman–Crippen LogP) is 1.20. The standard InChI is InChI=1S/C16H24N4O2S/c21-15-6-5-14(17-18-15)16(22)20-9-4-10-23-12-13(20)11-19-7-2-1-3-8-19/h5-6,13H,1-4,7-12H2,(H,18,21). The molecular weight excluding hydrogens is 312 g/mol. The number of aromatic nitrogens is 2. The van der Waals surface area contributed by atoms with Crippen molar-refractivity contribution in [3.63, 3.8) is 0 Å². The number of hydrogen-bond acceptors (Lipinski definition) is 5. The molecule has 1 N–H and O–H groups in total. The molecule has 0 saturated carbocycles. The van der Waals surface area contributed by atoms with Gasteiger partial charge in [-0.3, -0.25) is 9.59 Å². The highest BCUT2D eigenvalue weighted by Gasteiger charge is 2.29. The summed E-state index contributed by atoms with van der Waals surface area (Å²) in [5.41, 5.74) is 0.0537. The Bertz CT molecular complexity index is 565. The first-order chi connectivity index (χ1) is 11.2. The third-order valence-electron chi connectivity index (χ3n) is 4.52. The third-order valence-corrected chi connectivity index (χ3v) is 5.71. The van der Waals surface area contributed by atoms with Gasteiger partial charge in [0.1, 0.15) is 5.69 Å². The molecule has 6 nitrogen and oxygen atoms in total. The van der Waals surface area contributed by atoms with Gasteiger partial charge in [0.25, 0.3) is 11.5 Å². The third kappa shape index (κ3) is 4.35. The molecule has 0 aliphatic carbocycles. The largest absolute Gasteiger partial charge is 0.332 e. The first-order valence-electron chi connectivity index (χ1n) is 8.41. The van der Waals surface area contributed by atoms with Crippen molar-refractivity contribution in [3.8, 4) is 0 Å². The summed E-state index contributed by atoms with van der Waals surface area (Å²) in [7, 11) is 0. The van der Waals surface area contributed by atoms with Crippen LogP contribution >= 0.6 is 11.8 Å². The van der Waals surface area contributed by atoms with Gasteiger partial charge < -0.3 is 9.80 Å². The van der Waals surface area contributed by atoms with Gasteiger partial charge in [-0.15, -0.1) is 0 Å². The van der Waals surface area contributed by atoms with Crippen LogP contribution in [0.3, 0.4) is 0 Å². The van der Waals surface area contributed by atoms with E-state index >= 15 is 0 Å². The number of piperidine rings is 1. The van der Waals surface area contributed by atoms with Gasteiger partial charge in [-0.1, -0.05) is 6.42 Å². The van der Waals surface area contributed by atoms with Crippen LogP contribution in [-0.4, -0.2) is 69.6 Å². The summed E-state index contributed by atoms with van der Waals surface area (Å²) in [6.45, 7) is 3.99. The Morgan fingerprint density at radius 2 is 2.04 bits per heavy atom. The fourth-order valence-electron chi connectivity index (χ4n) is 3.30. The normalized spacial score (nSPS) is 23.5. The van der Waals surface area contributed by atoms with Gasteiger partial charge in [-0.25, -0.2) is 5.10 Å². The number of nitrogens with zero attached hydrogens (tertiary/aromatic N) is 3. The second-order valence-electron chi connectivity index (χ2n) is 6.25. The Morgan fingerprint density at radius 1 is 1.22 bits per heavy atom. The first kappa shape index (κ1) is 16.5.